The predicted molar refractivity (Wildman–Crippen MR) is 107 cm³/mol. The van der Waals surface area contributed by atoms with Crippen molar-refractivity contribution in [1.29, 1.82) is 0 Å². The van der Waals surface area contributed by atoms with E-state index < -0.39 is 11.7 Å². The molecule has 0 unspecified atom stereocenters. The number of rotatable bonds is 1. The fourth-order valence-corrected chi connectivity index (χ4v) is 4.42. The molecule has 0 bridgehead atoms. The van der Waals surface area contributed by atoms with Crippen molar-refractivity contribution in [3.63, 3.8) is 0 Å². The minimum Gasteiger partial charge on any atom is -0.342 e. The van der Waals surface area contributed by atoms with Crippen molar-refractivity contribution in [2.24, 2.45) is 11.8 Å². The van der Waals surface area contributed by atoms with E-state index in [9.17, 15) is 18.8 Å². The average Bonchev–Trinajstić information content (AvgIpc) is 2.73. The Hall–Kier alpha value is -2.64. The van der Waals surface area contributed by atoms with Crippen molar-refractivity contribution in [3.05, 3.63) is 24.0 Å². The summed E-state index contributed by atoms with van der Waals surface area (Å²) < 4.78 is 14.1. The normalized spacial score (nSPS) is 21.0. The lowest BCUT2D eigenvalue weighted by atomic mass is 9.93. The molecule has 1 aromatic rings. The fourth-order valence-electron chi connectivity index (χ4n) is 4.42. The highest BCUT2D eigenvalue weighted by Gasteiger charge is 2.35. The van der Waals surface area contributed by atoms with Crippen molar-refractivity contribution in [2.75, 3.05) is 42.9 Å². The van der Waals surface area contributed by atoms with Crippen LogP contribution in [0.25, 0.3) is 0 Å². The van der Waals surface area contributed by atoms with Gasteiger partial charge in [0, 0.05) is 32.1 Å². The van der Waals surface area contributed by atoms with E-state index in [2.05, 4.69) is 12.2 Å². The number of halogens is 1. The number of carbonyl (C=O) groups is 3. The molecule has 0 aromatic heterocycles. The van der Waals surface area contributed by atoms with Gasteiger partial charge in [-0.05, 0) is 43.7 Å². The van der Waals surface area contributed by atoms with E-state index in [4.69, 9.17) is 0 Å². The second kappa shape index (κ2) is 8.00. The summed E-state index contributed by atoms with van der Waals surface area (Å²) in [5.41, 5.74) is 0.414. The highest BCUT2D eigenvalue weighted by molar-refractivity contribution is 6.09. The molecule has 2 saturated heterocycles. The number of amides is 4. The molecule has 4 amide bonds. The van der Waals surface area contributed by atoms with E-state index in [1.165, 1.54) is 17.0 Å². The number of likely N-dealkylation sites (tertiary alicyclic amines) is 2. The van der Waals surface area contributed by atoms with Gasteiger partial charge in [-0.25, -0.2) is 9.18 Å². The van der Waals surface area contributed by atoms with E-state index in [1.54, 1.807) is 11.0 Å². The number of nitrogens with zero attached hydrogens (tertiary/aromatic N) is 3. The topological polar surface area (TPSA) is 73.0 Å². The first kappa shape index (κ1) is 19.7. The van der Waals surface area contributed by atoms with E-state index in [0.29, 0.717) is 37.5 Å². The molecule has 4 rings (SSSR count). The SMILES string of the molecule is CC1CCN(C(=O)C2CCN(C(=O)N3CC(=O)Nc4c(F)cccc43)CC2)CC1. The number of hydrogen-bond acceptors (Lipinski definition) is 3. The quantitative estimate of drug-likeness (QED) is 0.785. The Labute approximate surface area is 169 Å². The lowest BCUT2D eigenvalue weighted by Crippen LogP contribution is -2.52. The number of nitrogens with one attached hydrogen (secondary N) is 1. The van der Waals surface area contributed by atoms with Crippen LogP contribution in [-0.2, 0) is 9.59 Å². The van der Waals surface area contributed by atoms with Crippen LogP contribution in [0.1, 0.15) is 32.6 Å². The summed E-state index contributed by atoms with van der Waals surface area (Å²) >= 11 is 0. The maximum absolute atomic E-state index is 14.1. The number of hydrogen-bond donors (Lipinski definition) is 1. The average molecular weight is 402 g/mol. The third-order valence-corrected chi connectivity index (χ3v) is 6.29. The number of piperidine rings is 2. The van der Waals surface area contributed by atoms with E-state index in [0.717, 1.165) is 25.9 Å². The molecule has 7 nitrogen and oxygen atoms in total. The molecule has 29 heavy (non-hydrogen) atoms. The lowest BCUT2D eigenvalue weighted by Gasteiger charge is -2.39. The zero-order valence-corrected chi connectivity index (χ0v) is 16.7. The molecule has 8 heteroatoms. The number of anilines is 2. The molecule has 0 radical (unpaired) electrons. The van der Waals surface area contributed by atoms with Gasteiger partial charge in [0.2, 0.25) is 11.8 Å². The van der Waals surface area contributed by atoms with Crippen LogP contribution in [0.3, 0.4) is 0 Å². The van der Waals surface area contributed by atoms with Crippen LogP contribution in [0.15, 0.2) is 18.2 Å². The second-order valence-corrected chi connectivity index (χ2v) is 8.32. The van der Waals surface area contributed by atoms with Gasteiger partial charge < -0.3 is 15.1 Å². The fraction of sp³-hybridized carbons (Fsp3) is 0.571. The van der Waals surface area contributed by atoms with Crippen molar-refractivity contribution >= 4 is 29.2 Å². The van der Waals surface area contributed by atoms with Gasteiger partial charge in [-0.15, -0.1) is 0 Å². The van der Waals surface area contributed by atoms with Crippen LogP contribution in [-0.4, -0.2) is 60.4 Å². The van der Waals surface area contributed by atoms with Crippen LogP contribution in [0.5, 0.6) is 0 Å². The Kier molecular flexibility index (Phi) is 5.43. The number of carbonyl (C=O) groups excluding carboxylic acids is 3. The Morgan fingerprint density at radius 2 is 1.69 bits per heavy atom. The third kappa shape index (κ3) is 3.93. The molecule has 0 aliphatic carbocycles. The molecule has 1 aromatic carbocycles. The molecule has 1 N–H and O–H groups in total. The molecule has 156 valence electrons. The Bertz CT molecular complexity index is 814. The van der Waals surface area contributed by atoms with Gasteiger partial charge in [-0.3, -0.25) is 14.5 Å². The molecule has 3 aliphatic heterocycles. The van der Waals surface area contributed by atoms with Gasteiger partial charge >= 0.3 is 6.03 Å². The molecule has 0 spiro atoms. The van der Waals surface area contributed by atoms with E-state index in [1.807, 2.05) is 4.90 Å². The van der Waals surface area contributed by atoms with Crippen LogP contribution in [0.2, 0.25) is 0 Å². The predicted octanol–water partition coefficient (Wildman–Crippen LogP) is 2.67. The summed E-state index contributed by atoms with van der Waals surface area (Å²) in [4.78, 5) is 42.8. The van der Waals surface area contributed by atoms with Crippen molar-refractivity contribution in [2.45, 2.75) is 32.6 Å². The first-order valence-electron chi connectivity index (χ1n) is 10.4. The zero-order chi connectivity index (χ0) is 20.5. The number of urea groups is 1. The van der Waals surface area contributed by atoms with Gasteiger partial charge in [0.15, 0.2) is 0 Å². The molecule has 2 fully saturated rings. The van der Waals surface area contributed by atoms with Gasteiger partial charge in [0.25, 0.3) is 0 Å². The maximum atomic E-state index is 14.1. The van der Waals surface area contributed by atoms with E-state index in [-0.39, 0.29) is 30.1 Å². The second-order valence-electron chi connectivity index (χ2n) is 8.32. The van der Waals surface area contributed by atoms with Gasteiger partial charge in [0.1, 0.15) is 18.0 Å². The Balaban J connectivity index is 1.39. The van der Waals surface area contributed by atoms with Gasteiger partial charge in [-0.1, -0.05) is 13.0 Å². The number of benzene rings is 1. The first-order chi connectivity index (χ1) is 13.9. The molecule has 0 saturated carbocycles. The Morgan fingerprint density at radius 3 is 2.38 bits per heavy atom. The summed E-state index contributed by atoms with van der Waals surface area (Å²) in [5, 5.41) is 2.50. The van der Waals surface area contributed by atoms with Crippen molar-refractivity contribution in [3.8, 4) is 0 Å². The largest absolute Gasteiger partial charge is 0.342 e. The number of fused-ring (bicyclic) bond motifs is 1. The molecular weight excluding hydrogens is 375 g/mol. The van der Waals surface area contributed by atoms with Gasteiger partial charge in [-0.2, -0.15) is 0 Å². The minimum atomic E-state index is -0.562. The van der Waals surface area contributed by atoms with E-state index >= 15 is 0 Å². The molecule has 3 aliphatic rings. The van der Waals surface area contributed by atoms with Crippen LogP contribution in [0, 0.1) is 17.7 Å². The molecule has 0 atom stereocenters. The minimum absolute atomic E-state index is 0.0430. The zero-order valence-electron chi connectivity index (χ0n) is 16.7. The smallest absolute Gasteiger partial charge is 0.325 e. The molecule has 3 heterocycles. The first-order valence-corrected chi connectivity index (χ1v) is 10.4. The van der Waals surface area contributed by atoms with Gasteiger partial charge in [0.05, 0.1) is 5.69 Å². The monoisotopic (exact) mass is 402 g/mol. The van der Waals surface area contributed by atoms with Crippen LogP contribution < -0.4 is 10.2 Å². The van der Waals surface area contributed by atoms with Crippen molar-refractivity contribution < 1.29 is 18.8 Å². The van der Waals surface area contributed by atoms with Crippen LogP contribution >= 0.6 is 0 Å². The van der Waals surface area contributed by atoms with Crippen LogP contribution in [0.4, 0.5) is 20.6 Å². The third-order valence-electron chi connectivity index (χ3n) is 6.29. The summed E-state index contributed by atoms with van der Waals surface area (Å²) in [6.45, 7) is 4.65. The lowest BCUT2D eigenvalue weighted by molar-refractivity contribution is -0.138. The summed E-state index contributed by atoms with van der Waals surface area (Å²) in [7, 11) is 0. The maximum Gasteiger partial charge on any atom is 0.325 e. The highest BCUT2D eigenvalue weighted by Crippen LogP contribution is 2.33. The van der Waals surface area contributed by atoms with Crippen molar-refractivity contribution in [1.82, 2.24) is 9.80 Å². The number of para-hydroxylation sites is 1. The summed E-state index contributed by atoms with van der Waals surface area (Å²) in [6.07, 6.45) is 3.34. The molecular formula is C21H27FN4O3. The highest BCUT2D eigenvalue weighted by atomic mass is 19.1. The standard InChI is InChI=1S/C21H27FN4O3/c1-14-5-9-24(10-6-14)20(28)15-7-11-25(12-8-15)21(29)26-13-18(27)23-19-16(22)3-2-4-17(19)26/h2-4,14-15H,5-13H2,1H3,(H,23,27). The summed E-state index contributed by atoms with van der Waals surface area (Å²) in [5.74, 6) is -0.155. The summed E-state index contributed by atoms with van der Waals surface area (Å²) in [6, 6.07) is 4.09. The Morgan fingerprint density at radius 1 is 1.03 bits per heavy atom.